The highest BCUT2D eigenvalue weighted by Crippen LogP contribution is 2.48. The molecule has 0 fully saturated rings. The summed E-state index contributed by atoms with van der Waals surface area (Å²) >= 11 is 0. The molecule has 2 atom stereocenters. The van der Waals surface area contributed by atoms with Gasteiger partial charge in [-0.05, 0) is 80.9 Å². The fourth-order valence-electron chi connectivity index (χ4n) is 9.58. The van der Waals surface area contributed by atoms with E-state index in [0.717, 1.165) is 47.6 Å². The van der Waals surface area contributed by atoms with Crippen LogP contribution in [0.2, 0.25) is 0 Å². The van der Waals surface area contributed by atoms with E-state index in [1.54, 1.807) is 0 Å². The zero-order valence-electron chi connectivity index (χ0n) is 31.9. The van der Waals surface area contributed by atoms with E-state index < -0.39 is 0 Å². The number of para-hydroxylation sites is 1. The molecule has 0 bridgehead atoms. The highest BCUT2D eigenvalue weighted by atomic mass is 15.0. The molecule has 2 unspecified atom stereocenters. The SMILES string of the molecule is CC1C/C=C(c2ccccc2)/N=C(C2CCc3ccccc3-c3ccc4c5ccccc5n(-c5cc6ccccc6c6ccccc56)c4c32)\N=C/1c1ccccc1. The van der Waals surface area contributed by atoms with Gasteiger partial charge in [0, 0.05) is 28.0 Å². The van der Waals surface area contributed by atoms with Gasteiger partial charge >= 0.3 is 0 Å². The lowest BCUT2D eigenvalue weighted by Gasteiger charge is -2.25. The maximum absolute atomic E-state index is 5.76. The average molecular weight is 732 g/mol. The second kappa shape index (κ2) is 13.7. The van der Waals surface area contributed by atoms with E-state index in [2.05, 4.69) is 193 Å². The van der Waals surface area contributed by atoms with Crippen molar-refractivity contribution in [3.8, 4) is 16.8 Å². The molecule has 0 N–H and O–H groups in total. The molecule has 57 heavy (non-hydrogen) atoms. The van der Waals surface area contributed by atoms with Crippen LogP contribution in [0.5, 0.6) is 0 Å². The summed E-state index contributed by atoms with van der Waals surface area (Å²) in [5, 5.41) is 7.48. The van der Waals surface area contributed by atoms with Gasteiger partial charge in [-0.2, -0.15) is 0 Å². The number of rotatable bonds is 4. The van der Waals surface area contributed by atoms with E-state index in [0.29, 0.717) is 0 Å². The van der Waals surface area contributed by atoms with E-state index in [1.165, 1.54) is 71.3 Å². The van der Waals surface area contributed by atoms with E-state index in [4.69, 9.17) is 9.98 Å². The number of hydrogen-bond donors (Lipinski definition) is 0. The molecule has 0 spiro atoms. The third-order valence-electron chi connectivity index (χ3n) is 12.3. The van der Waals surface area contributed by atoms with Crippen LogP contribution in [-0.2, 0) is 6.42 Å². The molecule has 0 amide bonds. The van der Waals surface area contributed by atoms with E-state index in [9.17, 15) is 0 Å². The molecule has 2 aliphatic rings. The molecule has 3 heteroatoms. The van der Waals surface area contributed by atoms with Crippen molar-refractivity contribution in [3.63, 3.8) is 0 Å². The maximum Gasteiger partial charge on any atom is 0.136 e. The Morgan fingerprint density at radius 2 is 1.21 bits per heavy atom. The number of aromatic nitrogens is 1. The van der Waals surface area contributed by atoms with Crippen LogP contribution in [0.3, 0.4) is 0 Å². The Morgan fingerprint density at radius 1 is 0.544 bits per heavy atom. The van der Waals surface area contributed by atoms with Gasteiger partial charge in [0.1, 0.15) is 5.84 Å². The van der Waals surface area contributed by atoms with Gasteiger partial charge in [-0.1, -0.05) is 177 Å². The first-order chi connectivity index (χ1) is 28.2. The number of allylic oxidation sites excluding steroid dienone is 1. The predicted molar refractivity (Wildman–Crippen MR) is 241 cm³/mol. The molecule has 3 nitrogen and oxygen atoms in total. The van der Waals surface area contributed by atoms with Crippen molar-refractivity contribution in [2.75, 3.05) is 0 Å². The van der Waals surface area contributed by atoms with Crippen molar-refractivity contribution in [1.29, 1.82) is 0 Å². The number of benzene rings is 8. The summed E-state index contributed by atoms with van der Waals surface area (Å²) in [7, 11) is 0. The van der Waals surface area contributed by atoms with Gasteiger partial charge in [0.2, 0.25) is 0 Å². The minimum Gasteiger partial charge on any atom is -0.308 e. The van der Waals surface area contributed by atoms with Gasteiger partial charge in [0.25, 0.3) is 0 Å². The van der Waals surface area contributed by atoms with Gasteiger partial charge in [0.15, 0.2) is 0 Å². The normalized spacial score (nSPS) is 19.7. The van der Waals surface area contributed by atoms with Gasteiger partial charge in [-0.15, -0.1) is 0 Å². The number of aryl methyl sites for hydroxylation is 1. The second-order valence-electron chi connectivity index (χ2n) is 15.6. The van der Waals surface area contributed by atoms with Crippen molar-refractivity contribution in [2.24, 2.45) is 15.9 Å². The molecule has 272 valence electrons. The first-order valence-corrected chi connectivity index (χ1v) is 20.2. The summed E-state index contributed by atoms with van der Waals surface area (Å²) in [6, 6.07) is 64.2. The van der Waals surface area contributed by atoms with E-state index in [1.807, 2.05) is 0 Å². The number of amidine groups is 1. The van der Waals surface area contributed by atoms with Crippen LogP contribution in [0.15, 0.2) is 192 Å². The third kappa shape index (κ3) is 5.57. The van der Waals surface area contributed by atoms with Crippen molar-refractivity contribution >= 4 is 60.6 Å². The molecule has 0 saturated heterocycles. The molecule has 0 saturated carbocycles. The Kier molecular flexibility index (Phi) is 8.06. The lowest BCUT2D eigenvalue weighted by Crippen LogP contribution is -2.21. The van der Waals surface area contributed by atoms with Crippen LogP contribution in [0.1, 0.15) is 47.9 Å². The smallest absolute Gasteiger partial charge is 0.136 e. The van der Waals surface area contributed by atoms with Crippen LogP contribution in [0.25, 0.3) is 65.9 Å². The maximum atomic E-state index is 5.76. The molecule has 1 aliphatic carbocycles. The molecule has 8 aromatic carbocycles. The highest BCUT2D eigenvalue weighted by molar-refractivity contribution is 6.18. The molecule has 1 aliphatic heterocycles. The van der Waals surface area contributed by atoms with Crippen LogP contribution in [-0.4, -0.2) is 16.1 Å². The van der Waals surface area contributed by atoms with Crippen molar-refractivity contribution in [2.45, 2.75) is 32.1 Å². The minimum absolute atomic E-state index is 0.0954. The van der Waals surface area contributed by atoms with Crippen molar-refractivity contribution in [3.05, 3.63) is 204 Å². The number of hydrogen-bond acceptors (Lipinski definition) is 2. The molecule has 9 aromatic rings. The highest BCUT2D eigenvalue weighted by Gasteiger charge is 2.33. The first-order valence-electron chi connectivity index (χ1n) is 20.2. The number of fused-ring (bicyclic) bond motifs is 10. The lowest BCUT2D eigenvalue weighted by atomic mass is 9.87. The van der Waals surface area contributed by atoms with Crippen molar-refractivity contribution < 1.29 is 0 Å². The Balaban J connectivity index is 1.28. The zero-order valence-corrected chi connectivity index (χ0v) is 31.9. The van der Waals surface area contributed by atoms with Gasteiger partial charge < -0.3 is 4.57 Å². The fraction of sp³-hybridized carbons (Fsp3) is 0.111. The number of nitrogens with zero attached hydrogens (tertiary/aromatic N) is 3. The summed E-state index contributed by atoms with van der Waals surface area (Å²) in [5.41, 5.74) is 13.2. The van der Waals surface area contributed by atoms with Crippen LogP contribution in [0, 0.1) is 5.92 Å². The summed E-state index contributed by atoms with van der Waals surface area (Å²) in [5.74, 6) is 0.976. The van der Waals surface area contributed by atoms with Crippen molar-refractivity contribution in [1.82, 2.24) is 4.57 Å². The van der Waals surface area contributed by atoms with Crippen LogP contribution >= 0.6 is 0 Å². The molecular formula is C54H41N3. The summed E-state index contributed by atoms with van der Waals surface area (Å²) in [6.45, 7) is 2.31. The first kappa shape index (κ1) is 33.5. The van der Waals surface area contributed by atoms with E-state index >= 15 is 0 Å². The van der Waals surface area contributed by atoms with Crippen LogP contribution in [0.4, 0.5) is 0 Å². The molecular weight excluding hydrogens is 691 g/mol. The average Bonchev–Trinajstić information content (AvgIpc) is 3.50. The predicted octanol–water partition coefficient (Wildman–Crippen LogP) is 13.8. The topological polar surface area (TPSA) is 29.6 Å². The Bertz CT molecular complexity index is 3110. The Hall–Kier alpha value is -6.84. The van der Waals surface area contributed by atoms with Gasteiger partial charge in [-0.25, -0.2) is 9.98 Å². The molecule has 11 rings (SSSR count). The Labute approximate surface area is 333 Å². The minimum atomic E-state index is -0.0954. The summed E-state index contributed by atoms with van der Waals surface area (Å²) < 4.78 is 2.57. The molecule has 0 radical (unpaired) electrons. The van der Waals surface area contributed by atoms with Gasteiger partial charge in [0.05, 0.1) is 28.1 Å². The second-order valence-corrected chi connectivity index (χ2v) is 15.6. The Morgan fingerprint density at radius 3 is 2.04 bits per heavy atom. The molecule has 2 heterocycles. The zero-order chi connectivity index (χ0) is 37.9. The monoisotopic (exact) mass is 731 g/mol. The van der Waals surface area contributed by atoms with Gasteiger partial charge in [-0.3, -0.25) is 0 Å². The summed E-state index contributed by atoms with van der Waals surface area (Å²) in [4.78, 5) is 11.4. The fourth-order valence-corrected chi connectivity index (χ4v) is 9.58. The quantitative estimate of drug-likeness (QED) is 0.161. The standard InChI is InChI=1S/C54H41N3/c1-35-28-33-48(37-17-4-2-5-18-37)55-54(56-52(35)38-19-6-3-7-20-38)47-30-29-36-16-8-10-22-40(36)45-31-32-46-44-26-14-15-27-49(44)57(53(46)51(45)47)50-34-39-21-9-11-23-41(39)42-24-12-13-25-43(42)50/h2-27,31-35,47H,28-30H2,1H3/b48-33+,55-54-,56-52+. The number of aliphatic imine (C=N–C) groups is 2. The molecule has 1 aromatic heterocycles. The summed E-state index contributed by atoms with van der Waals surface area (Å²) in [6.07, 6.45) is 4.99. The lowest BCUT2D eigenvalue weighted by molar-refractivity contribution is 0.763. The third-order valence-corrected chi connectivity index (χ3v) is 12.3. The van der Waals surface area contributed by atoms with E-state index in [-0.39, 0.29) is 11.8 Å². The largest absolute Gasteiger partial charge is 0.308 e. The van der Waals surface area contributed by atoms with Crippen LogP contribution < -0.4 is 0 Å².